The Hall–Kier alpha value is -2.44. The Morgan fingerprint density at radius 3 is 2.95 bits per heavy atom. The lowest BCUT2D eigenvalue weighted by Crippen LogP contribution is -2.27. The molecule has 1 N–H and O–H groups in total. The van der Waals surface area contributed by atoms with E-state index >= 15 is 0 Å². The Bertz CT molecular complexity index is 601. The van der Waals surface area contributed by atoms with Crippen LogP contribution in [0.1, 0.15) is 24.9 Å². The molecule has 0 spiro atoms. The summed E-state index contributed by atoms with van der Waals surface area (Å²) in [6, 6.07) is 4.35. The van der Waals surface area contributed by atoms with Gasteiger partial charge in [-0.05, 0) is 24.6 Å². The minimum atomic E-state index is -0.446. The fraction of sp³-hybridized carbons (Fsp3) is 0.357. The van der Waals surface area contributed by atoms with Gasteiger partial charge >= 0.3 is 0 Å². The standard InChI is InChI=1S/C14H17FN4O2/c1-10(11-3-4-13(21-2)12(15)7-11)18-14(20)5-6-19-9-16-8-17-19/h3-4,7-10H,5-6H2,1-2H3,(H,18,20). The number of nitrogens with zero attached hydrogens (tertiary/aromatic N) is 3. The molecule has 1 amide bonds. The van der Waals surface area contributed by atoms with E-state index in [4.69, 9.17) is 4.74 Å². The molecule has 2 rings (SSSR count). The van der Waals surface area contributed by atoms with Gasteiger partial charge in [0.05, 0.1) is 19.7 Å². The van der Waals surface area contributed by atoms with Crippen LogP contribution in [0.25, 0.3) is 0 Å². The van der Waals surface area contributed by atoms with Crippen molar-refractivity contribution >= 4 is 5.91 Å². The third-order valence-corrected chi connectivity index (χ3v) is 3.09. The molecule has 21 heavy (non-hydrogen) atoms. The summed E-state index contributed by atoms with van der Waals surface area (Å²) in [6.07, 6.45) is 3.25. The maximum atomic E-state index is 13.6. The highest BCUT2D eigenvalue weighted by Gasteiger charge is 2.12. The molecule has 0 aliphatic rings. The lowest BCUT2D eigenvalue weighted by molar-refractivity contribution is -0.122. The minimum Gasteiger partial charge on any atom is -0.494 e. The summed E-state index contributed by atoms with van der Waals surface area (Å²) < 4.78 is 20.1. The molecule has 0 radical (unpaired) electrons. The number of nitrogens with one attached hydrogen (secondary N) is 1. The molecule has 2 aromatic rings. The van der Waals surface area contributed by atoms with Crippen LogP contribution in [-0.2, 0) is 11.3 Å². The number of amides is 1. The summed E-state index contributed by atoms with van der Waals surface area (Å²) in [5.74, 6) is -0.392. The normalized spacial score (nSPS) is 12.0. The molecule has 0 aliphatic heterocycles. The lowest BCUT2D eigenvalue weighted by atomic mass is 10.1. The molecule has 7 heteroatoms. The van der Waals surface area contributed by atoms with Crippen molar-refractivity contribution < 1.29 is 13.9 Å². The number of hydrogen-bond acceptors (Lipinski definition) is 4. The van der Waals surface area contributed by atoms with Gasteiger partial charge in [-0.15, -0.1) is 0 Å². The Morgan fingerprint density at radius 2 is 2.33 bits per heavy atom. The Kier molecular flexibility index (Phi) is 4.86. The van der Waals surface area contributed by atoms with Crippen LogP contribution in [0, 0.1) is 5.82 Å². The molecule has 1 aromatic carbocycles. The van der Waals surface area contributed by atoms with Crippen molar-refractivity contribution in [3.8, 4) is 5.75 Å². The lowest BCUT2D eigenvalue weighted by Gasteiger charge is -2.15. The number of carbonyl (C=O) groups excluding carboxylic acids is 1. The van der Waals surface area contributed by atoms with Crippen LogP contribution in [0.4, 0.5) is 4.39 Å². The molecule has 0 bridgehead atoms. The Morgan fingerprint density at radius 1 is 1.52 bits per heavy atom. The summed E-state index contributed by atoms with van der Waals surface area (Å²) >= 11 is 0. The van der Waals surface area contributed by atoms with E-state index in [1.807, 2.05) is 0 Å². The third-order valence-electron chi connectivity index (χ3n) is 3.09. The topological polar surface area (TPSA) is 69.0 Å². The highest BCUT2D eigenvalue weighted by Crippen LogP contribution is 2.21. The molecule has 112 valence electrons. The molecular weight excluding hydrogens is 275 g/mol. The number of aryl methyl sites for hydroxylation is 1. The summed E-state index contributed by atoms with van der Waals surface area (Å²) in [7, 11) is 1.41. The predicted molar refractivity (Wildman–Crippen MR) is 74.1 cm³/mol. The van der Waals surface area contributed by atoms with Crippen LogP contribution in [0.15, 0.2) is 30.9 Å². The number of hydrogen-bond donors (Lipinski definition) is 1. The largest absolute Gasteiger partial charge is 0.494 e. The van der Waals surface area contributed by atoms with E-state index in [9.17, 15) is 9.18 Å². The first-order valence-electron chi connectivity index (χ1n) is 6.55. The quantitative estimate of drug-likeness (QED) is 0.879. The molecule has 1 atom stereocenters. The minimum absolute atomic E-state index is 0.130. The van der Waals surface area contributed by atoms with Crippen molar-refractivity contribution in [3.63, 3.8) is 0 Å². The second-order valence-corrected chi connectivity index (χ2v) is 4.59. The fourth-order valence-electron chi connectivity index (χ4n) is 1.91. The molecule has 0 fully saturated rings. The van der Waals surface area contributed by atoms with Crippen LogP contribution >= 0.6 is 0 Å². The molecule has 0 saturated carbocycles. The molecular formula is C14H17FN4O2. The molecule has 1 heterocycles. The van der Waals surface area contributed by atoms with Crippen molar-refractivity contribution in [2.24, 2.45) is 0 Å². The van der Waals surface area contributed by atoms with E-state index in [1.54, 1.807) is 30.1 Å². The average Bonchev–Trinajstić information content (AvgIpc) is 2.98. The second kappa shape index (κ2) is 6.83. The highest BCUT2D eigenvalue weighted by molar-refractivity contribution is 5.76. The summed E-state index contributed by atoms with van der Waals surface area (Å²) in [6.45, 7) is 2.25. The third kappa shape index (κ3) is 4.01. The van der Waals surface area contributed by atoms with E-state index in [1.165, 1.54) is 19.5 Å². The maximum absolute atomic E-state index is 13.6. The number of carbonyl (C=O) groups is 1. The van der Waals surface area contributed by atoms with Crippen molar-refractivity contribution in [2.75, 3.05) is 7.11 Å². The number of ether oxygens (including phenoxy) is 1. The van der Waals surface area contributed by atoms with Gasteiger partial charge in [-0.3, -0.25) is 9.48 Å². The van der Waals surface area contributed by atoms with Gasteiger partial charge < -0.3 is 10.1 Å². The first kappa shape index (κ1) is 15.0. The monoisotopic (exact) mass is 292 g/mol. The Labute approximate surface area is 121 Å². The zero-order valence-electron chi connectivity index (χ0n) is 11.9. The fourth-order valence-corrected chi connectivity index (χ4v) is 1.91. The number of rotatable bonds is 6. The summed E-state index contributed by atoms with van der Waals surface area (Å²) in [5.41, 5.74) is 0.683. The number of benzene rings is 1. The van der Waals surface area contributed by atoms with E-state index in [-0.39, 0.29) is 24.1 Å². The average molecular weight is 292 g/mol. The van der Waals surface area contributed by atoms with E-state index in [0.717, 1.165) is 0 Å². The van der Waals surface area contributed by atoms with Gasteiger partial charge in [0.25, 0.3) is 0 Å². The molecule has 1 unspecified atom stereocenters. The van der Waals surface area contributed by atoms with Crippen LogP contribution in [0.5, 0.6) is 5.75 Å². The van der Waals surface area contributed by atoms with E-state index < -0.39 is 5.82 Å². The van der Waals surface area contributed by atoms with E-state index in [0.29, 0.717) is 12.1 Å². The Balaban J connectivity index is 1.89. The number of aromatic nitrogens is 3. The van der Waals surface area contributed by atoms with Gasteiger partial charge in [0.1, 0.15) is 12.7 Å². The van der Waals surface area contributed by atoms with Crippen LogP contribution in [0.3, 0.4) is 0 Å². The van der Waals surface area contributed by atoms with Gasteiger partial charge in [-0.2, -0.15) is 5.10 Å². The first-order valence-corrected chi connectivity index (χ1v) is 6.55. The molecule has 0 aliphatic carbocycles. The molecule has 1 aromatic heterocycles. The van der Waals surface area contributed by atoms with Gasteiger partial charge in [-0.25, -0.2) is 9.37 Å². The summed E-state index contributed by atoms with van der Waals surface area (Å²) in [4.78, 5) is 15.6. The zero-order chi connectivity index (χ0) is 15.2. The molecule has 6 nitrogen and oxygen atoms in total. The number of halogens is 1. The number of methoxy groups -OCH3 is 1. The van der Waals surface area contributed by atoms with Gasteiger partial charge in [0.2, 0.25) is 5.91 Å². The smallest absolute Gasteiger partial charge is 0.222 e. The highest BCUT2D eigenvalue weighted by atomic mass is 19.1. The maximum Gasteiger partial charge on any atom is 0.222 e. The first-order chi connectivity index (χ1) is 10.1. The van der Waals surface area contributed by atoms with Crippen LogP contribution < -0.4 is 10.1 Å². The predicted octanol–water partition coefficient (Wildman–Crippen LogP) is 1.69. The van der Waals surface area contributed by atoms with Gasteiger partial charge in [-0.1, -0.05) is 6.07 Å². The summed E-state index contributed by atoms with van der Waals surface area (Å²) in [5, 5.41) is 6.73. The van der Waals surface area contributed by atoms with Crippen LogP contribution in [-0.4, -0.2) is 27.8 Å². The SMILES string of the molecule is COc1ccc(C(C)NC(=O)CCn2cncn2)cc1F. The van der Waals surface area contributed by atoms with Crippen molar-refractivity contribution in [2.45, 2.75) is 25.9 Å². The van der Waals surface area contributed by atoms with Gasteiger partial charge in [0, 0.05) is 6.42 Å². The zero-order valence-corrected chi connectivity index (χ0v) is 11.9. The second-order valence-electron chi connectivity index (χ2n) is 4.59. The van der Waals surface area contributed by atoms with Crippen molar-refractivity contribution in [3.05, 3.63) is 42.2 Å². The van der Waals surface area contributed by atoms with Crippen molar-refractivity contribution in [1.29, 1.82) is 0 Å². The van der Waals surface area contributed by atoms with Gasteiger partial charge in [0.15, 0.2) is 11.6 Å². The van der Waals surface area contributed by atoms with E-state index in [2.05, 4.69) is 15.4 Å². The molecule has 0 saturated heterocycles. The van der Waals surface area contributed by atoms with Crippen LogP contribution in [0.2, 0.25) is 0 Å². The van der Waals surface area contributed by atoms with Crippen molar-refractivity contribution in [1.82, 2.24) is 20.1 Å².